The predicted octanol–water partition coefficient (Wildman–Crippen LogP) is 3.60. The van der Waals surface area contributed by atoms with Crippen LogP contribution in [0, 0.1) is 0 Å². The summed E-state index contributed by atoms with van der Waals surface area (Å²) < 4.78 is 5.40. The predicted molar refractivity (Wildman–Crippen MR) is 96.3 cm³/mol. The van der Waals surface area contributed by atoms with Gasteiger partial charge in [0.05, 0.1) is 16.6 Å². The molecule has 1 amide bonds. The summed E-state index contributed by atoms with van der Waals surface area (Å²) in [5.41, 5.74) is 2.66. The van der Waals surface area contributed by atoms with Crippen LogP contribution in [-0.2, 0) is 4.79 Å². The molecule has 0 saturated heterocycles. The average molecular weight is 359 g/mol. The van der Waals surface area contributed by atoms with Crippen molar-refractivity contribution >= 4 is 23.0 Å². The molecule has 0 atom stereocenters. The summed E-state index contributed by atoms with van der Waals surface area (Å²) in [6.45, 7) is 4.54. The van der Waals surface area contributed by atoms with E-state index in [0.29, 0.717) is 35.5 Å². The zero-order valence-corrected chi connectivity index (χ0v) is 15.2. The highest BCUT2D eigenvalue weighted by atomic mass is 16.5. The van der Waals surface area contributed by atoms with E-state index in [1.807, 2.05) is 19.9 Å². The lowest BCUT2D eigenvalue weighted by Crippen LogP contribution is -2.25. The van der Waals surface area contributed by atoms with E-state index in [1.165, 1.54) is 0 Å². The summed E-state index contributed by atoms with van der Waals surface area (Å²) in [7, 11) is 0. The monoisotopic (exact) mass is 359 g/mol. The number of carbonyl (C=O) groups excluding carboxylic acids is 1. The lowest BCUT2D eigenvalue weighted by molar-refractivity contribution is -0.137. The SMILES string of the molecule is CC(C)c1noc2nc(C3CC3)cc(C(=O)NCCCCCC(=O)O)c12. The molecule has 2 aromatic heterocycles. The number of hydrogen-bond donors (Lipinski definition) is 2. The lowest BCUT2D eigenvalue weighted by Gasteiger charge is -2.09. The second-order valence-electron chi connectivity index (χ2n) is 7.23. The van der Waals surface area contributed by atoms with E-state index in [-0.39, 0.29) is 18.2 Å². The van der Waals surface area contributed by atoms with Crippen LogP contribution >= 0.6 is 0 Å². The molecule has 2 aromatic rings. The van der Waals surface area contributed by atoms with Crippen molar-refractivity contribution in [2.24, 2.45) is 0 Å². The van der Waals surface area contributed by atoms with Gasteiger partial charge in [0.2, 0.25) is 0 Å². The van der Waals surface area contributed by atoms with Gasteiger partial charge in [0.1, 0.15) is 0 Å². The maximum Gasteiger partial charge on any atom is 0.303 e. The third kappa shape index (κ3) is 4.20. The number of fused-ring (bicyclic) bond motifs is 1. The smallest absolute Gasteiger partial charge is 0.303 e. The van der Waals surface area contributed by atoms with Crippen molar-refractivity contribution < 1.29 is 19.2 Å². The van der Waals surface area contributed by atoms with E-state index < -0.39 is 5.97 Å². The van der Waals surface area contributed by atoms with Gasteiger partial charge in [0, 0.05) is 24.6 Å². The summed E-state index contributed by atoms with van der Waals surface area (Å²) >= 11 is 0. The molecule has 2 heterocycles. The van der Waals surface area contributed by atoms with E-state index in [1.54, 1.807) is 0 Å². The molecule has 26 heavy (non-hydrogen) atoms. The number of aliphatic carboxylic acids is 1. The third-order valence-corrected chi connectivity index (χ3v) is 4.63. The van der Waals surface area contributed by atoms with Crippen molar-refractivity contribution in [2.75, 3.05) is 6.54 Å². The molecule has 7 heteroatoms. The van der Waals surface area contributed by atoms with Gasteiger partial charge in [-0.25, -0.2) is 4.98 Å². The highest BCUT2D eigenvalue weighted by Crippen LogP contribution is 2.41. The number of rotatable bonds is 9. The number of aromatic nitrogens is 2. The van der Waals surface area contributed by atoms with Crippen molar-refractivity contribution in [2.45, 2.75) is 64.2 Å². The van der Waals surface area contributed by atoms with Crippen LogP contribution in [0.5, 0.6) is 0 Å². The highest BCUT2D eigenvalue weighted by molar-refractivity contribution is 6.06. The molecule has 3 rings (SSSR count). The molecule has 0 aliphatic heterocycles. The van der Waals surface area contributed by atoms with Crippen LogP contribution in [0.25, 0.3) is 11.1 Å². The Balaban J connectivity index is 1.73. The van der Waals surface area contributed by atoms with E-state index >= 15 is 0 Å². The van der Waals surface area contributed by atoms with Crippen molar-refractivity contribution in [3.63, 3.8) is 0 Å². The summed E-state index contributed by atoms with van der Waals surface area (Å²) in [5.74, 6) is -0.390. The molecular weight excluding hydrogens is 334 g/mol. The minimum absolute atomic E-state index is 0.132. The quantitative estimate of drug-likeness (QED) is 0.663. The maximum atomic E-state index is 12.8. The largest absolute Gasteiger partial charge is 0.481 e. The number of unbranched alkanes of at least 4 members (excludes halogenated alkanes) is 2. The van der Waals surface area contributed by atoms with Crippen LogP contribution < -0.4 is 5.32 Å². The van der Waals surface area contributed by atoms with Gasteiger partial charge < -0.3 is 14.9 Å². The molecule has 0 unspecified atom stereocenters. The highest BCUT2D eigenvalue weighted by Gasteiger charge is 2.29. The second kappa shape index (κ2) is 7.85. The number of hydrogen-bond acceptors (Lipinski definition) is 5. The minimum atomic E-state index is -0.783. The third-order valence-electron chi connectivity index (χ3n) is 4.63. The summed E-state index contributed by atoms with van der Waals surface area (Å²) in [6, 6.07) is 1.88. The molecule has 0 aromatic carbocycles. The van der Waals surface area contributed by atoms with E-state index in [4.69, 9.17) is 9.63 Å². The molecule has 0 bridgehead atoms. The van der Waals surface area contributed by atoms with Crippen molar-refractivity contribution in [3.8, 4) is 0 Å². The fourth-order valence-electron chi connectivity index (χ4n) is 3.03. The van der Waals surface area contributed by atoms with Gasteiger partial charge in [-0.05, 0) is 37.7 Å². The Hall–Kier alpha value is -2.44. The molecule has 0 radical (unpaired) electrons. The van der Waals surface area contributed by atoms with Crippen LogP contribution in [0.3, 0.4) is 0 Å². The first-order valence-electron chi connectivity index (χ1n) is 9.27. The van der Waals surface area contributed by atoms with E-state index in [9.17, 15) is 9.59 Å². The van der Waals surface area contributed by atoms with Gasteiger partial charge in [-0.3, -0.25) is 9.59 Å². The van der Waals surface area contributed by atoms with Crippen LogP contribution in [-0.4, -0.2) is 33.7 Å². The number of carbonyl (C=O) groups is 2. The average Bonchev–Trinajstić information content (AvgIpc) is 3.35. The fourth-order valence-corrected chi connectivity index (χ4v) is 3.03. The summed E-state index contributed by atoms with van der Waals surface area (Å²) in [6.07, 6.45) is 4.50. The Labute approximate surface area is 152 Å². The number of pyridine rings is 1. The first kappa shape index (κ1) is 18.4. The van der Waals surface area contributed by atoms with Crippen LogP contribution in [0.4, 0.5) is 0 Å². The Morgan fingerprint density at radius 1 is 1.31 bits per heavy atom. The molecule has 1 aliphatic rings. The molecule has 0 spiro atoms. The zero-order chi connectivity index (χ0) is 18.7. The molecule has 1 aliphatic carbocycles. The molecule has 2 N–H and O–H groups in total. The van der Waals surface area contributed by atoms with Crippen LogP contribution in [0.2, 0.25) is 0 Å². The Bertz CT molecular complexity index is 808. The van der Waals surface area contributed by atoms with Crippen molar-refractivity contribution in [3.05, 3.63) is 23.0 Å². The maximum absolute atomic E-state index is 12.8. The normalized spacial score (nSPS) is 14.1. The van der Waals surface area contributed by atoms with Crippen LogP contribution in [0.1, 0.15) is 86.0 Å². The molecule has 7 nitrogen and oxygen atoms in total. The number of nitrogens with zero attached hydrogens (tertiary/aromatic N) is 2. The number of nitrogens with one attached hydrogen (secondary N) is 1. The van der Waals surface area contributed by atoms with Gasteiger partial charge >= 0.3 is 5.97 Å². The van der Waals surface area contributed by atoms with Gasteiger partial charge in [-0.15, -0.1) is 0 Å². The first-order chi connectivity index (χ1) is 12.5. The summed E-state index contributed by atoms with van der Waals surface area (Å²) in [5, 5.41) is 16.4. The van der Waals surface area contributed by atoms with Crippen molar-refractivity contribution in [1.29, 1.82) is 0 Å². The van der Waals surface area contributed by atoms with E-state index in [2.05, 4.69) is 15.5 Å². The molecule has 140 valence electrons. The Kier molecular flexibility index (Phi) is 5.54. The molecule has 1 fully saturated rings. The molecule has 1 saturated carbocycles. The Morgan fingerprint density at radius 2 is 2.08 bits per heavy atom. The molecular formula is C19H25N3O4. The number of amides is 1. The fraction of sp³-hybridized carbons (Fsp3) is 0.579. The van der Waals surface area contributed by atoms with Gasteiger partial charge in [-0.1, -0.05) is 25.4 Å². The number of carboxylic acid groups (broad SMARTS) is 1. The van der Waals surface area contributed by atoms with Crippen molar-refractivity contribution in [1.82, 2.24) is 15.5 Å². The number of carboxylic acids is 1. The van der Waals surface area contributed by atoms with E-state index in [0.717, 1.165) is 37.1 Å². The Morgan fingerprint density at radius 3 is 2.73 bits per heavy atom. The minimum Gasteiger partial charge on any atom is -0.481 e. The first-order valence-corrected chi connectivity index (χ1v) is 9.27. The standard InChI is InChI=1S/C19H25N3O4/c1-11(2)17-16-13(18(25)20-9-5-3-4-6-15(23)24)10-14(12-7-8-12)21-19(16)26-22-17/h10-12H,3-9H2,1-2H3,(H,20,25)(H,23,24). The topological polar surface area (TPSA) is 105 Å². The second-order valence-corrected chi connectivity index (χ2v) is 7.23. The van der Waals surface area contributed by atoms with Gasteiger partial charge in [-0.2, -0.15) is 0 Å². The van der Waals surface area contributed by atoms with Crippen LogP contribution in [0.15, 0.2) is 10.6 Å². The summed E-state index contributed by atoms with van der Waals surface area (Å²) in [4.78, 5) is 27.8. The lowest BCUT2D eigenvalue weighted by atomic mass is 10.0. The van der Waals surface area contributed by atoms with Gasteiger partial charge in [0.25, 0.3) is 11.6 Å². The zero-order valence-electron chi connectivity index (χ0n) is 15.2. The van der Waals surface area contributed by atoms with Gasteiger partial charge in [0.15, 0.2) is 0 Å².